The Bertz CT molecular complexity index is 1370. The van der Waals surface area contributed by atoms with Gasteiger partial charge in [0, 0.05) is 28.5 Å². The third kappa shape index (κ3) is 4.24. The molecule has 4 aromatic rings. The highest BCUT2D eigenvalue weighted by atomic mass is 79.9. The summed E-state index contributed by atoms with van der Waals surface area (Å²) in [5.41, 5.74) is 0.693. The van der Waals surface area contributed by atoms with Gasteiger partial charge in [-0.3, -0.25) is 9.59 Å². The van der Waals surface area contributed by atoms with E-state index in [1.807, 2.05) is 6.07 Å². The molecule has 1 amide bonds. The van der Waals surface area contributed by atoms with E-state index in [1.165, 1.54) is 15.6 Å². The van der Waals surface area contributed by atoms with Crippen molar-refractivity contribution in [3.05, 3.63) is 117 Å². The molecular formula is C25H19BrFN3O2. The number of para-hydroxylation sites is 1. The van der Waals surface area contributed by atoms with Gasteiger partial charge in [0.25, 0.3) is 11.5 Å². The number of hydrogen-bond donors (Lipinski definition) is 0. The number of fused-ring (bicyclic) bond motifs is 1. The van der Waals surface area contributed by atoms with Gasteiger partial charge in [0.15, 0.2) is 5.69 Å². The molecule has 0 aliphatic carbocycles. The number of carbonyl (C=O) groups excluding carboxylic acids is 1. The molecule has 0 radical (unpaired) electrons. The fourth-order valence-corrected chi connectivity index (χ4v) is 3.90. The van der Waals surface area contributed by atoms with Gasteiger partial charge in [-0.05, 0) is 36.4 Å². The zero-order valence-corrected chi connectivity index (χ0v) is 18.6. The van der Waals surface area contributed by atoms with Gasteiger partial charge in [-0.15, -0.1) is 6.58 Å². The second kappa shape index (κ2) is 9.28. The zero-order chi connectivity index (χ0) is 22.7. The smallest absolute Gasteiger partial charge is 0.279 e. The molecule has 1 heterocycles. The topological polar surface area (TPSA) is 55.2 Å². The third-order valence-electron chi connectivity index (χ3n) is 5.01. The van der Waals surface area contributed by atoms with E-state index in [4.69, 9.17) is 0 Å². The van der Waals surface area contributed by atoms with Crippen molar-refractivity contribution < 1.29 is 9.18 Å². The predicted octanol–water partition coefficient (Wildman–Crippen LogP) is 5.12. The first-order valence-electron chi connectivity index (χ1n) is 9.91. The van der Waals surface area contributed by atoms with Crippen LogP contribution in [0.5, 0.6) is 0 Å². The first kappa shape index (κ1) is 21.6. The molecule has 1 aromatic heterocycles. The molecule has 0 aliphatic rings. The van der Waals surface area contributed by atoms with E-state index in [-0.39, 0.29) is 24.3 Å². The Kier molecular flexibility index (Phi) is 6.28. The highest BCUT2D eigenvalue weighted by Gasteiger charge is 2.23. The Morgan fingerprint density at radius 2 is 1.75 bits per heavy atom. The second-order valence-electron chi connectivity index (χ2n) is 7.16. The van der Waals surface area contributed by atoms with Crippen LogP contribution in [0.25, 0.3) is 16.5 Å². The van der Waals surface area contributed by atoms with E-state index < -0.39 is 11.7 Å². The molecule has 0 bridgehead atoms. The molecule has 4 rings (SSSR count). The van der Waals surface area contributed by atoms with Gasteiger partial charge in [-0.1, -0.05) is 58.4 Å². The molecule has 0 spiro atoms. The number of halogens is 2. The van der Waals surface area contributed by atoms with Gasteiger partial charge < -0.3 is 4.90 Å². The Balaban J connectivity index is 1.85. The van der Waals surface area contributed by atoms with Crippen molar-refractivity contribution in [1.29, 1.82) is 0 Å². The molecular weight excluding hydrogens is 473 g/mol. The van der Waals surface area contributed by atoms with Gasteiger partial charge in [0.05, 0.1) is 11.1 Å². The minimum atomic E-state index is -0.426. The predicted molar refractivity (Wildman–Crippen MR) is 126 cm³/mol. The van der Waals surface area contributed by atoms with Gasteiger partial charge in [0.2, 0.25) is 0 Å². The average molecular weight is 492 g/mol. The number of benzene rings is 3. The maximum atomic E-state index is 14.4. The van der Waals surface area contributed by atoms with Crippen LogP contribution in [0.15, 0.2) is 94.7 Å². The van der Waals surface area contributed by atoms with Crippen LogP contribution < -0.4 is 5.56 Å². The highest BCUT2D eigenvalue weighted by molar-refractivity contribution is 9.10. The summed E-state index contributed by atoms with van der Waals surface area (Å²) in [7, 11) is 0. The first-order chi connectivity index (χ1) is 15.5. The van der Waals surface area contributed by atoms with Gasteiger partial charge in [-0.2, -0.15) is 9.78 Å². The molecule has 0 fully saturated rings. The van der Waals surface area contributed by atoms with Crippen molar-refractivity contribution in [3.63, 3.8) is 0 Å². The summed E-state index contributed by atoms with van der Waals surface area (Å²) in [5, 5.41) is 5.25. The van der Waals surface area contributed by atoms with Crippen LogP contribution >= 0.6 is 15.9 Å². The molecule has 0 saturated carbocycles. The minimum Gasteiger partial charge on any atom is -0.329 e. The number of amides is 1. The first-order valence-corrected chi connectivity index (χ1v) is 10.7. The van der Waals surface area contributed by atoms with Gasteiger partial charge in [-0.25, -0.2) is 4.39 Å². The summed E-state index contributed by atoms with van der Waals surface area (Å²) in [6.45, 7) is 3.94. The number of aromatic nitrogens is 2. The average Bonchev–Trinajstić information content (AvgIpc) is 2.81. The molecule has 0 N–H and O–H groups in total. The van der Waals surface area contributed by atoms with Crippen molar-refractivity contribution in [1.82, 2.24) is 14.7 Å². The van der Waals surface area contributed by atoms with Crippen LogP contribution in [-0.4, -0.2) is 27.1 Å². The lowest BCUT2D eigenvalue weighted by molar-refractivity contribution is 0.0755. The van der Waals surface area contributed by atoms with Crippen LogP contribution in [0.3, 0.4) is 0 Å². The molecule has 7 heteroatoms. The summed E-state index contributed by atoms with van der Waals surface area (Å²) in [4.78, 5) is 28.1. The molecule has 0 aliphatic heterocycles. The monoisotopic (exact) mass is 491 g/mol. The Morgan fingerprint density at radius 1 is 1.06 bits per heavy atom. The van der Waals surface area contributed by atoms with Gasteiger partial charge >= 0.3 is 0 Å². The lowest BCUT2D eigenvalue weighted by Gasteiger charge is -2.22. The molecule has 32 heavy (non-hydrogen) atoms. The molecule has 0 unspecified atom stereocenters. The number of hydrogen-bond acceptors (Lipinski definition) is 3. The van der Waals surface area contributed by atoms with Crippen LogP contribution in [0, 0.1) is 5.82 Å². The van der Waals surface area contributed by atoms with Crippen LogP contribution in [0.4, 0.5) is 4.39 Å². The van der Waals surface area contributed by atoms with E-state index in [1.54, 1.807) is 66.7 Å². The van der Waals surface area contributed by atoms with E-state index in [2.05, 4.69) is 27.6 Å². The van der Waals surface area contributed by atoms with Crippen molar-refractivity contribution in [2.75, 3.05) is 6.54 Å². The van der Waals surface area contributed by atoms with E-state index in [9.17, 15) is 14.0 Å². The van der Waals surface area contributed by atoms with Crippen molar-refractivity contribution >= 4 is 32.6 Å². The minimum absolute atomic E-state index is 0.0244. The summed E-state index contributed by atoms with van der Waals surface area (Å²) < 4.78 is 16.3. The van der Waals surface area contributed by atoms with Gasteiger partial charge in [0.1, 0.15) is 5.82 Å². The normalized spacial score (nSPS) is 10.8. The largest absolute Gasteiger partial charge is 0.329 e. The SMILES string of the molecule is C=CCN(Cc1cc(Br)ccc1F)C(=O)c1nn(-c2ccccc2)c(=O)c2ccccc12. The molecule has 3 aromatic carbocycles. The maximum Gasteiger partial charge on any atom is 0.279 e. The summed E-state index contributed by atoms with van der Waals surface area (Å²) in [5.74, 6) is -0.840. The molecule has 160 valence electrons. The second-order valence-corrected chi connectivity index (χ2v) is 8.07. The van der Waals surface area contributed by atoms with Crippen LogP contribution in [0.2, 0.25) is 0 Å². The number of rotatable bonds is 6. The van der Waals surface area contributed by atoms with E-state index in [0.29, 0.717) is 26.5 Å². The summed E-state index contributed by atoms with van der Waals surface area (Å²) in [6, 6.07) is 20.3. The Morgan fingerprint density at radius 3 is 2.47 bits per heavy atom. The van der Waals surface area contributed by atoms with E-state index in [0.717, 1.165) is 0 Å². The quantitative estimate of drug-likeness (QED) is 0.352. The molecule has 5 nitrogen and oxygen atoms in total. The Labute approximate surface area is 192 Å². The standard InChI is InChI=1S/C25H19BrFN3O2/c1-2-14-29(16-17-15-18(26)12-13-22(17)27)25(32)23-20-10-6-7-11-21(20)24(31)30(28-23)19-8-4-3-5-9-19/h2-13,15H,1,14,16H2. The van der Waals surface area contributed by atoms with Crippen molar-refractivity contribution in [3.8, 4) is 5.69 Å². The number of carbonyl (C=O) groups is 1. The molecule has 0 saturated heterocycles. The molecule has 0 atom stereocenters. The zero-order valence-electron chi connectivity index (χ0n) is 17.0. The van der Waals surface area contributed by atoms with Crippen LogP contribution in [0.1, 0.15) is 16.1 Å². The third-order valence-corrected chi connectivity index (χ3v) is 5.51. The fourth-order valence-electron chi connectivity index (χ4n) is 3.49. The number of nitrogens with zero attached hydrogens (tertiary/aromatic N) is 3. The summed E-state index contributed by atoms with van der Waals surface area (Å²) >= 11 is 3.34. The fraction of sp³-hybridized carbons (Fsp3) is 0.0800. The lowest BCUT2D eigenvalue weighted by Crippen LogP contribution is -2.34. The van der Waals surface area contributed by atoms with Crippen molar-refractivity contribution in [2.24, 2.45) is 0 Å². The lowest BCUT2D eigenvalue weighted by atomic mass is 10.1. The highest BCUT2D eigenvalue weighted by Crippen LogP contribution is 2.21. The van der Waals surface area contributed by atoms with E-state index >= 15 is 0 Å². The van der Waals surface area contributed by atoms with Crippen LogP contribution in [-0.2, 0) is 6.54 Å². The van der Waals surface area contributed by atoms with Crippen molar-refractivity contribution in [2.45, 2.75) is 6.54 Å². The Hall–Kier alpha value is -3.58. The maximum absolute atomic E-state index is 14.4. The summed E-state index contributed by atoms with van der Waals surface area (Å²) in [6.07, 6.45) is 1.57.